The predicted octanol–water partition coefficient (Wildman–Crippen LogP) is 13.2. The van der Waals surface area contributed by atoms with Crippen molar-refractivity contribution in [3.63, 3.8) is 0 Å². The Labute approximate surface area is 561 Å². The Balaban J connectivity index is 0.616. The zero-order valence-corrected chi connectivity index (χ0v) is 55.1. The van der Waals surface area contributed by atoms with Gasteiger partial charge in [-0.25, -0.2) is 9.18 Å². The molecule has 3 saturated heterocycles. The number of amides is 5. The maximum absolute atomic E-state index is 14.2. The first-order chi connectivity index (χ1) is 46.4. The summed E-state index contributed by atoms with van der Waals surface area (Å²) in [6.45, 7) is 4.69. The number of rotatable bonds is 26. The largest absolute Gasteiger partial charge is 0.465 e. The summed E-state index contributed by atoms with van der Waals surface area (Å²) < 4.78 is 110. The SMILES string of the molecule is CN(CCN1CCC(N(C(=O)O)c2ccccc2-c2ccccc2)CC1)C(=O)CCCCCNc1ccc(N(C)C(=O)CCCN(C)C(=O)CO[C@H]2Cc3ccccc3C23CCN(CC[C@@]2(c4ccc(F)cc4)CN(C(=O)c4cc(C(F)(F)F)cc(C(F)(F)F)c4)CO2)CC3)cc1. The predicted molar refractivity (Wildman–Crippen MR) is 357 cm³/mol. The van der Waals surface area contributed by atoms with Gasteiger partial charge in [-0.15, -0.1) is 0 Å². The number of hydrogen-bond donors (Lipinski definition) is 2. The lowest BCUT2D eigenvalue weighted by Gasteiger charge is -2.44. The average molecular weight is 1350 g/mol. The number of carbonyl (C=O) groups excluding carboxylic acids is 4. The number of likely N-dealkylation sites (N-methyl/N-ethyl adjacent to an activating group) is 2. The van der Waals surface area contributed by atoms with Gasteiger partial charge < -0.3 is 49.3 Å². The molecule has 3 fully saturated rings. The van der Waals surface area contributed by atoms with Crippen molar-refractivity contribution in [2.24, 2.45) is 0 Å². The van der Waals surface area contributed by atoms with Gasteiger partial charge in [0.05, 0.1) is 29.5 Å². The molecule has 97 heavy (non-hydrogen) atoms. The minimum Gasteiger partial charge on any atom is -0.465 e. The summed E-state index contributed by atoms with van der Waals surface area (Å²) in [6, 6.07) is 39.3. The molecule has 518 valence electrons. The number of nitrogens with zero attached hydrogens (tertiary/aromatic N) is 7. The second kappa shape index (κ2) is 31.4. The van der Waals surface area contributed by atoms with Gasteiger partial charge in [0, 0.05) is 114 Å². The van der Waals surface area contributed by atoms with Gasteiger partial charge in [-0.1, -0.05) is 91.3 Å². The molecule has 4 aliphatic rings. The minimum absolute atomic E-state index is 0.0300. The van der Waals surface area contributed by atoms with E-state index in [2.05, 4.69) is 27.2 Å². The van der Waals surface area contributed by atoms with E-state index in [0.717, 1.165) is 84.0 Å². The fraction of sp³-hybridized carbons (Fsp3) is 0.446. The Kier molecular flexibility index (Phi) is 23.1. The van der Waals surface area contributed by atoms with Gasteiger partial charge in [0.15, 0.2) is 0 Å². The van der Waals surface area contributed by atoms with Crippen molar-refractivity contribution in [2.45, 2.75) is 113 Å². The summed E-state index contributed by atoms with van der Waals surface area (Å²) in [7, 11) is 5.26. The van der Waals surface area contributed by atoms with E-state index < -0.39 is 64.6 Å². The maximum atomic E-state index is 14.2. The number of para-hydroxylation sites is 1. The summed E-state index contributed by atoms with van der Waals surface area (Å²) in [5, 5.41) is 13.8. The number of unbranched alkanes of at least 4 members (excludes halogenated alkanes) is 2. The molecule has 23 heteroatoms. The normalized spacial score (nSPS) is 18.2. The van der Waals surface area contributed by atoms with E-state index in [-0.39, 0.29) is 61.9 Å². The molecule has 0 aromatic heterocycles. The van der Waals surface area contributed by atoms with E-state index in [9.17, 15) is 59.8 Å². The Morgan fingerprint density at radius 1 is 0.670 bits per heavy atom. The van der Waals surface area contributed by atoms with Crippen LogP contribution in [0.25, 0.3) is 11.1 Å². The molecule has 5 amide bonds. The molecule has 1 aliphatic carbocycles. The van der Waals surface area contributed by atoms with E-state index in [1.807, 2.05) is 98.0 Å². The van der Waals surface area contributed by atoms with E-state index in [4.69, 9.17) is 9.47 Å². The fourth-order valence-corrected chi connectivity index (χ4v) is 14.1. The molecule has 2 atom stereocenters. The van der Waals surface area contributed by atoms with Crippen LogP contribution in [0.3, 0.4) is 0 Å². The third-order valence-corrected chi connectivity index (χ3v) is 19.9. The van der Waals surface area contributed by atoms with Crippen molar-refractivity contribution in [3.05, 3.63) is 185 Å². The summed E-state index contributed by atoms with van der Waals surface area (Å²) in [5.41, 5.74) is 1.28. The average Bonchev–Trinajstić information content (AvgIpc) is 1.61. The molecule has 0 unspecified atom stereocenters. The van der Waals surface area contributed by atoms with Crippen molar-refractivity contribution >= 4 is 46.8 Å². The second-order valence-electron chi connectivity index (χ2n) is 26.1. The molecule has 0 saturated carbocycles. The van der Waals surface area contributed by atoms with Crippen LogP contribution in [0.15, 0.2) is 146 Å². The molecule has 1 spiro atoms. The molecule has 0 radical (unpaired) electrons. The van der Waals surface area contributed by atoms with Crippen molar-refractivity contribution < 1.29 is 69.3 Å². The molecular weight excluding hydrogens is 1260 g/mol. The van der Waals surface area contributed by atoms with Crippen LogP contribution in [0.1, 0.15) is 109 Å². The number of carboxylic acid groups (broad SMARTS) is 1. The maximum Gasteiger partial charge on any atom is 0.416 e. The van der Waals surface area contributed by atoms with Gasteiger partial charge in [0.25, 0.3) is 5.91 Å². The van der Waals surface area contributed by atoms with Crippen molar-refractivity contribution in [1.29, 1.82) is 0 Å². The monoisotopic (exact) mass is 1350 g/mol. The number of piperidine rings is 2. The smallest absolute Gasteiger partial charge is 0.416 e. The van der Waals surface area contributed by atoms with Crippen LogP contribution in [0.4, 0.5) is 52.6 Å². The molecule has 6 aromatic rings. The summed E-state index contributed by atoms with van der Waals surface area (Å²) in [5.74, 6) is -1.82. The number of fused-ring (bicyclic) bond motifs is 2. The number of hydrogen-bond acceptors (Lipinski definition) is 10. The Hall–Kier alpha value is -8.38. The van der Waals surface area contributed by atoms with Crippen LogP contribution >= 0.6 is 0 Å². The van der Waals surface area contributed by atoms with Crippen LogP contribution < -0.4 is 15.1 Å². The van der Waals surface area contributed by atoms with Crippen LogP contribution in [-0.4, -0.2) is 171 Å². The highest BCUT2D eigenvalue weighted by Gasteiger charge is 2.50. The van der Waals surface area contributed by atoms with Crippen molar-refractivity contribution in [2.75, 3.05) is 115 Å². The van der Waals surface area contributed by atoms with Gasteiger partial charge in [-0.3, -0.25) is 24.1 Å². The summed E-state index contributed by atoms with van der Waals surface area (Å²) >= 11 is 0. The zero-order chi connectivity index (χ0) is 69.1. The molecule has 10 rings (SSSR count). The molecule has 3 aliphatic heterocycles. The number of alkyl halides is 6. The van der Waals surface area contributed by atoms with E-state index in [0.29, 0.717) is 101 Å². The number of anilines is 3. The minimum atomic E-state index is -5.15. The van der Waals surface area contributed by atoms with Crippen LogP contribution in [-0.2, 0) is 53.6 Å². The molecule has 16 nitrogen and oxygen atoms in total. The summed E-state index contributed by atoms with van der Waals surface area (Å²) in [4.78, 5) is 78.6. The molecule has 2 N–H and O–H groups in total. The molecule has 6 aromatic carbocycles. The summed E-state index contributed by atoms with van der Waals surface area (Å²) in [6.07, 6.45) is -4.35. The Morgan fingerprint density at radius 3 is 1.98 bits per heavy atom. The van der Waals surface area contributed by atoms with Gasteiger partial charge in [-0.2, -0.15) is 26.3 Å². The van der Waals surface area contributed by atoms with Crippen LogP contribution in [0.5, 0.6) is 0 Å². The first-order valence-corrected chi connectivity index (χ1v) is 33.3. The van der Waals surface area contributed by atoms with Gasteiger partial charge in [-0.05, 0) is 154 Å². The van der Waals surface area contributed by atoms with Crippen LogP contribution in [0.2, 0.25) is 0 Å². The van der Waals surface area contributed by atoms with Crippen molar-refractivity contribution in [1.82, 2.24) is 24.5 Å². The lowest BCUT2D eigenvalue weighted by Crippen LogP contribution is -2.50. The lowest BCUT2D eigenvalue weighted by molar-refractivity contribution is -0.143. The molecule has 3 heterocycles. The Bertz CT molecular complexity index is 3650. The topological polar surface area (TPSA) is 159 Å². The molecular formula is C74H85F7N8O8. The first-order valence-electron chi connectivity index (χ1n) is 33.3. The molecule has 0 bridgehead atoms. The Morgan fingerprint density at radius 2 is 1.30 bits per heavy atom. The van der Waals surface area contributed by atoms with Gasteiger partial charge in [0.2, 0.25) is 17.7 Å². The standard InChI is InChI=1S/C74H85F7N8O8/c1-83(37-14-22-67(91)85(3)60-29-27-59(28-30-60)82-36-13-5-8-21-66(90)84(2)43-44-86-38-31-61(32-39-86)89(70(94)95)64-20-12-10-18-62(64)52-15-6-4-7-16-52)68(92)49-96-65-47-53-17-9-11-19-63(53)71(65)33-40-87(41-34-71)42-35-72(55-23-25-58(75)26-24-55)50-88(51-97-72)69(93)54-45-56(73(76,77)78)48-57(46-54)74(79,80)81/h4,6-7,9-12,15-20,23-30,45-46,48,61,65,82H,5,8,13-14,21-22,31-44,47,49-51H2,1-3H3,(H,94,95)/t65-,72-/m0/s1. The lowest BCUT2D eigenvalue weighted by atomic mass is 9.72. The quantitative estimate of drug-likeness (QED) is 0.0393. The van der Waals surface area contributed by atoms with Crippen molar-refractivity contribution in [3.8, 4) is 11.1 Å². The van der Waals surface area contributed by atoms with E-state index in [1.54, 1.807) is 28.8 Å². The number of benzene rings is 6. The number of likely N-dealkylation sites (tertiary alicyclic amines) is 2. The van der Waals surface area contributed by atoms with Gasteiger partial charge in [0.1, 0.15) is 24.8 Å². The second-order valence-corrected chi connectivity index (χ2v) is 26.1. The van der Waals surface area contributed by atoms with Gasteiger partial charge >= 0.3 is 18.4 Å². The first kappa shape index (κ1) is 71.4. The highest BCUT2D eigenvalue weighted by atomic mass is 19.4. The highest BCUT2D eigenvalue weighted by molar-refractivity contribution is 5.95. The van der Waals surface area contributed by atoms with E-state index in [1.165, 1.54) is 29.2 Å². The number of carbonyl (C=O) groups is 5. The number of nitrogens with one attached hydrogen (secondary N) is 1. The third kappa shape index (κ3) is 17.5. The van der Waals surface area contributed by atoms with E-state index >= 15 is 0 Å². The number of halogens is 7. The fourth-order valence-electron chi connectivity index (χ4n) is 14.1. The van der Waals surface area contributed by atoms with Crippen LogP contribution in [0, 0.1) is 5.82 Å². The zero-order valence-electron chi connectivity index (χ0n) is 55.1. The third-order valence-electron chi connectivity index (χ3n) is 19.9. The number of ether oxygens (including phenoxy) is 2. The highest BCUT2D eigenvalue weighted by Crippen LogP contribution is 2.49.